The molecule has 0 spiro atoms. The second-order valence-corrected chi connectivity index (χ2v) is 5.91. The van der Waals surface area contributed by atoms with Crippen molar-refractivity contribution in [1.29, 1.82) is 0 Å². The Kier molecular flexibility index (Phi) is 7.58. The van der Waals surface area contributed by atoms with E-state index in [1.807, 2.05) is 11.8 Å². The van der Waals surface area contributed by atoms with Crippen LogP contribution in [0.1, 0.15) is 30.1 Å². The van der Waals surface area contributed by atoms with E-state index in [-0.39, 0.29) is 42.6 Å². The average molecular weight is 364 g/mol. The number of carbonyl (C=O) groups is 1. The van der Waals surface area contributed by atoms with Crippen LogP contribution in [0.5, 0.6) is 0 Å². The van der Waals surface area contributed by atoms with Gasteiger partial charge in [0.1, 0.15) is 5.82 Å². The molecule has 0 aromatic heterocycles. The predicted octanol–water partition coefficient (Wildman–Crippen LogP) is 2.70. The molecule has 130 valence electrons. The zero-order chi connectivity index (χ0) is 14.8. The van der Waals surface area contributed by atoms with Gasteiger partial charge in [-0.3, -0.25) is 4.79 Å². The molecule has 2 heterocycles. The lowest BCUT2D eigenvalue weighted by molar-refractivity contribution is 0.0655. The maximum Gasteiger partial charge on any atom is 0.254 e. The van der Waals surface area contributed by atoms with Crippen LogP contribution in [0.4, 0.5) is 10.1 Å². The van der Waals surface area contributed by atoms with Gasteiger partial charge in [-0.25, -0.2) is 4.39 Å². The number of hydrogen-bond acceptors (Lipinski definition) is 3. The molecule has 1 amide bonds. The normalized spacial score (nSPS) is 20.7. The molecule has 2 fully saturated rings. The highest BCUT2D eigenvalue weighted by Crippen LogP contribution is 2.25. The number of anilines is 1. The number of benzene rings is 1. The van der Waals surface area contributed by atoms with E-state index in [0.29, 0.717) is 17.8 Å². The minimum Gasteiger partial charge on any atom is -0.369 e. The van der Waals surface area contributed by atoms with E-state index in [2.05, 4.69) is 10.2 Å². The molecule has 2 aliphatic rings. The zero-order valence-electron chi connectivity index (χ0n) is 13.3. The number of halogens is 3. The second-order valence-electron chi connectivity index (χ2n) is 5.91. The smallest absolute Gasteiger partial charge is 0.254 e. The predicted molar refractivity (Wildman–Crippen MR) is 95.7 cm³/mol. The Hall–Kier alpha value is -1.04. The molecule has 3 rings (SSSR count). The highest BCUT2D eigenvalue weighted by atomic mass is 35.5. The number of piperazine rings is 1. The maximum absolute atomic E-state index is 14.3. The highest BCUT2D eigenvalue weighted by Gasteiger charge is 2.25. The molecular weight excluding hydrogens is 340 g/mol. The average Bonchev–Trinajstić information content (AvgIpc) is 3.01. The summed E-state index contributed by atoms with van der Waals surface area (Å²) >= 11 is 0. The van der Waals surface area contributed by atoms with Crippen LogP contribution < -0.4 is 10.2 Å². The number of rotatable bonds is 2. The molecule has 0 bridgehead atoms. The van der Waals surface area contributed by atoms with E-state index in [0.717, 1.165) is 39.0 Å². The second kappa shape index (κ2) is 8.71. The van der Waals surface area contributed by atoms with Crippen LogP contribution in [-0.2, 0) is 0 Å². The summed E-state index contributed by atoms with van der Waals surface area (Å²) in [6.07, 6.45) is 2.22. The van der Waals surface area contributed by atoms with Gasteiger partial charge in [-0.15, -0.1) is 24.8 Å². The molecule has 4 nitrogen and oxygen atoms in total. The summed E-state index contributed by atoms with van der Waals surface area (Å²) in [7, 11) is 0. The number of nitrogens with one attached hydrogen (secondary N) is 1. The lowest BCUT2D eigenvalue weighted by Gasteiger charge is -2.34. The Labute approximate surface area is 149 Å². The molecule has 0 radical (unpaired) electrons. The van der Waals surface area contributed by atoms with Crippen molar-refractivity contribution in [1.82, 2.24) is 10.2 Å². The van der Waals surface area contributed by atoms with Gasteiger partial charge in [-0.1, -0.05) is 0 Å². The Bertz CT molecular complexity index is 538. The number of nitrogens with zero attached hydrogens (tertiary/aromatic N) is 2. The van der Waals surface area contributed by atoms with Crippen LogP contribution in [-0.4, -0.2) is 49.6 Å². The van der Waals surface area contributed by atoms with Crippen LogP contribution in [0.3, 0.4) is 0 Å². The zero-order valence-corrected chi connectivity index (χ0v) is 14.9. The first-order chi connectivity index (χ1) is 10.2. The van der Waals surface area contributed by atoms with Crippen LogP contribution in [0.15, 0.2) is 18.2 Å². The van der Waals surface area contributed by atoms with Gasteiger partial charge in [0, 0.05) is 44.3 Å². The van der Waals surface area contributed by atoms with Gasteiger partial charge in [0.2, 0.25) is 0 Å². The van der Waals surface area contributed by atoms with Crippen LogP contribution in [0, 0.1) is 5.82 Å². The summed E-state index contributed by atoms with van der Waals surface area (Å²) in [6.45, 7) is 6.08. The quantitative estimate of drug-likeness (QED) is 0.877. The third kappa shape index (κ3) is 4.28. The van der Waals surface area contributed by atoms with Crippen LogP contribution in [0.2, 0.25) is 0 Å². The minimum absolute atomic E-state index is 0. The van der Waals surface area contributed by atoms with E-state index >= 15 is 0 Å². The SMILES string of the molecule is C[C@@H]1CNCCN1C(=O)c1ccc(N2CCCC2)c(F)c1.Cl.Cl. The maximum atomic E-state index is 14.3. The van der Waals surface area contributed by atoms with Crippen molar-refractivity contribution in [2.75, 3.05) is 37.6 Å². The molecule has 0 saturated carbocycles. The molecule has 1 N–H and O–H groups in total. The van der Waals surface area contributed by atoms with Crippen molar-refractivity contribution >= 4 is 36.4 Å². The van der Waals surface area contributed by atoms with Crippen LogP contribution >= 0.6 is 24.8 Å². The van der Waals surface area contributed by atoms with Crippen molar-refractivity contribution in [3.05, 3.63) is 29.6 Å². The van der Waals surface area contributed by atoms with E-state index < -0.39 is 0 Å². The lowest BCUT2D eigenvalue weighted by atomic mass is 10.1. The van der Waals surface area contributed by atoms with E-state index in [1.54, 1.807) is 12.1 Å². The fourth-order valence-corrected chi connectivity index (χ4v) is 3.16. The van der Waals surface area contributed by atoms with Crippen molar-refractivity contribution in [3.63, 3.8) is 0 Å². The fraction of sp³-hybridized carbons (Fsp3) is 0.562. The first-order valence-corrected chi connectivity index (χ1v) is 7.73. The Morgan fingerprint density at radius 2 is 1.91 bits per heavy atom. The van der Waals surface area contributed by atoms with Gasteiger partial charge in [-0.2, -0.15) is 0 Å². The summed E-state index contributed by atoms with van der Waals surface area (Å²) in [5.41, 5.74) is 1.07. The summed E-state index contributed by atoms with van der Waals surface area (Å²) < 4.78 is 14.3. The molecule has 1 aromatic rings. The monoisotopic (exact) mass is 363 g/mol. The highest BCUT2D eigenvalue weighted by molar-refractivity contribution is 5.95. The summed E-state index contributed by atoms with van der Waals surface area (Å²) in [5.74, 6) is -0.360. The summed E-state index contributed by atoms with van der Waals surface area (Å²) in [4.78, 5) is 16.4. The molecular formula is C16H24Cl2FN3O. The summed E-state index contributed by atoms with van der Waals surface area (Å²) in [6, 6.07) is 5.05. The molecule has 23 heavy (non-hydrogen) atoms. The fourth-order valence-electron chi connectivity index (χ4n) is 3.16. The topological polar surface area (TPSA) is 35.6 Å². The molecule has 0 unspecified atom stereocenters. The van der Waals surface area contributed by atoms with E-state index in [4.69, 9.17) is 0 Å². The van der Waals surface area contributed by atoms with Crippen LogP contribution in [0.25, 0.3) is 0 Å². The lowest BCUT2D eigenvalue weighted by Crippen LogP contribution is -2.52. The van der Waals surface area contributed by atoms with Crippen molar-refractivity contribution in [2.24, 2.45) is 0 Å². The first-order valence-electron chi connectivity index (χ1n) is 7.73. The first kappa shape index (κ1) is 20.0. The number of carbonyl (C=O) groups excluding carboxylic acids is 1. The van der Waals surface area contributed by atoms with Gasteiger partial charge in [0.05, 0.1) is 5.69 Å². The summed E-state index contributed by atoms with van der Waals surface area (Å²) in [5, 5.41) is 3.25. The molecule has 2 saturated heterocycles. The molecule has 1 aromatic carbocycles. The molecule has 0 aliphatic carbocycles. The molecule has 7 heteroatoms. The van der Waals surface area contributed by atoms with Gasteiger partial charge in [0.15, 0.2) is 0 Å². The number of hydrogen-bond donors (Lipinski definition) is 1. The van der Waals surface area contributed by atoms with Crippen molar-refractivity contribution in [2.45, 2.75) is 25.8 Å². The standard InChI is InChI=1S/C16H22FN3O.2ClH/c1-12-11-18-6-9-20(12)16(21)13-4-5-15(14(17)10-13)19-7-2-3-8-19;;/h4-5,10,12,18H,2-3,6-9,11H2,1H3;2*1H/t12-;;/m1../s1. The minimum atomic E-state index is -0.287. The largest absolute Gasteiger partial charge is 0.369 e. The van der Waals surface area contributed by atoms with Crippen molar-refractivity contribution < 1.29 is 9.18 Å². The van der Waals surface area contributed by atoms with Crippen molar-refractivity contribution in [3.8, 4) is 0 Å². The van der Waals surface area contributed by atoms with E-state index in [1.165, 1.54) is 6.07 Å². The molecule has 1 atom stereocenters. The Morgan fingerprint density at radius 3 is 2.52 bits per heavy atom. The van der Waals surface area contributed by atoms with Gasteiger partial charge < -0.3 is 15.1 Å². The van der Waals surface area contributed by atoms with Gasteiger partial charge in [-0.05, 0) is 38.0 Å². The van der Waals surface area contributed by atoms with E-state index in [9.17, 15) is 9.18 Å². The third-order valence-electron chi connectivity index (χ3n) is 4.40. The van der Waals surface area contributed by atoms with Gasteiger partial charge >= 0.3 is 0 Å². The Morgan fingerprint density at radius 1 is 1.22 bits per heavy atom. The molecule has 2 aliphatic heterocycles. The Balaban J connectivity index is 0.00000132. The number of amides is 1. The van der Waals surface area contributed by atoms with Gasteiger partial charge in [0.25, 0.3) is 5.91 Å². The third-order valence-corrected chi connectivity index (χ3v) is 4.40.